The van der Waals surface area contributed by atoms with Crippen molar-refractivity contribution >= 4 is 34.4 Å². The second kappa shape index (κ2) is 13.7. The zero-order chi connectivity index (χ0) is 31.2. The molecular weight excluding hydrogens is 552 g/mol. The van der Waals surface area contributed by atoms with Gasteiger partial charge in [-0.25, -0.2) is 0 Å². The van der Waals surface area contributed by atoms with E-state index < -0.39 is 23.7 Å². The highest BCUT2D eigenvalue weighted by Gasteiger charge is 2.37. The minimum Gasteiger partial charge on any atom is -0.361 e. The summed E-state index contributed by atoms with van der Waals surface area (Å²) in [6, 6.07) is 20.1. The Hall–Kier alpha value is -4.72. The first-order valence-corrected chi connectivity index (χ1v) is 15.4. The van der Waals surface area contributed by atoms with Crippen LogP contribution in [0.3, 0.4) is 0 Å². The number of rotatable bonds is 12. The second-order valence-electron chi connectivity index (χ2n) is 11.4. The number of aromatic nitrogens is 1. The molecule has 4 aromatic rings. The Labute approximate surface area is 258 Å². The third kappa shape index (κ3) is 6.59. The number of aromatic amines is 1. The van der Waals surface area contributed by atoms with Crippen molar-refractivity contribution in [1.82, 2.24) is 20.5 Å². The van der Waals surface area contributed by atoms with Crippen LogP contribution in [0.2, 0.25) is 0 Å². The monoisotopic (exact) mass is 592 g/mol. The van der Waals surface area contributed by atoms with Gasteiger partial charge in [0.05, 0.1) is 6.54 Å². The SMILES string of the molecule is CCc1cc(CNC(=O)C(Cc2c[nH]c3ccccc23)C(=O)CN2CC(=O)NC(c3ccccc3)C2=O)cc(CC)c1CC. The molecule has 2 heterocycles. The molecule has 5 rings (SSSR count). The molecule has 3 amide bonds. The van der Waals surface area contributed by atoms with Crippen molar-refractivity contribution in [3.8, 4) is 0 Å². The van der Waals surface area contributed by atoms with E-state index in [1.165, 1.54) is 21.6 Å². The molecule has 8 heteroatoms. The largest absolute Gasteiger partial charge is 0.361 e. The van der Waals surface area contributed by atoms with E-state index in [2.05, 4.69) is 48.5 Å². The van der Waals surface area contributed by atoms with Crippen LogP contribution < -0.4 is 10.6 Å². The molecule has 3 aromatic carbocycles. The summed E-state index contributed by atoms with van der Waals surface area (Å²) in [6.07, 6.45) is 4.76. The van der Waals surface area contributed by atoms with E-state index in [0.717, 1.165) is 41.3 Å². The molecule has 1 aromatic heterocycles. The van der Waals surface area contributed by atoms with Crippen molar-refractivity contribution < 1.29 is 19.2 Å². The van der Waals surface area contributed by atoms with Crippen LogP contribution in [-0.2, 0) is 51.4 Å². The van der Waals surface area contributed by atoms with Gasteiger partial charge in [0, 0.05) is 23.6 Å². The first-order valence-electron chi connectivity index (χ1n) is 15.4. The van der Waals surface area contributed by atoms with Crippen LogP contribution in [0.25, 0.3) is 10.9 Å². The van der Waals surface area contributed by atoms with Crippen molar-refractivity contribution in [2.24, 2.45) is 5.92 Å². The second-order valence-corrected chi connectivity index (χ2v) is 11.4. The van der Waals surface area contributed by atoms with E-state index in [0.29, 0.717) is 12.1 Å². The van der Waals surface area contributed by atoms with Gasteiger partial charge in [0.2, 0.25) is 11.8 Å². The van der Waals surface area contributed by atoms with E-state index in [1.54, 1.807) is 24.3 Å². The summed E-state index contributed by atoms with van der Waals surface area (Å²) >= 11 is 0. The zero-order valence-electron chi connectivity index (χ0n) is 25.6. The summed E-state index contributed by atoms with van der Waals surface area (Å²) in [6.45, 7) is 6.16. The van der Waals surface area contributed by atoms with Gasteiger partial charge in [-0.15, -0.1) is 0 Å². The highest BCUT2D eigenvalue weighted by molar-refractivity contribution is 6.05. The predicted octanol–water partition coefficient (Wildman–Crippen LogP) is 4.60. The van der Waals surface area contributed by atoms with Crippen LogP contribution in [0.5, 0.6) is 0 Å². The number of hydrogen-bond donors (Lipinski definition) is 3. The first kappa shape index (κ1) is 30.7. The molecular formula is C36H40N4O4. The lowest BCUT2D eigenvalue weighted by atomic mass is 9.92. The van der Waals surface area contributed by atoms with E-state index in [1.807, 2.05) is 36.5 Å². The topological polar surface area (TPSA) is 111 Å². The number of para-hydroxylation sites is 1. The van der Waals surface area contributed by atoms with Gasteiger partial charge in [-0.05, 0) is 65.1 Å². The van der Waals surface area contributed by atoms with Gasteiger partial charge in [0.1, 0.15) is 18.5 Å². The number of carbonyl (C=O) groups is 4. The highest BCUT2D eigenvalue weighted by atomic mass is 16.2. The van der Waals surface area contributed by atoms with Crippen molar-refractivity contribution in [3.63, 3.8) is 0 Å². The van der Waals surface area contributed by atoms with Crippen LogP contribution in [-0.4, -0.2) is 46.5 Å². The van der Waals surface area contributed by atoms with Gasteiger partial charge >= 0.3 is 0 Å². The van der Waals surface area contributed by atoms with Crippen molar-refractivity contribution in [3.05, 3.63) is 106 Å². The predicted molar refractivity (Wildman–Crippen MR) is 171 cm³/mol. The van der Waals surface area contributed by atoms with Crippen LogP contribution >= 0.6 is 0 Å². The van der Waals surface area contributed by atoms with Gasteiger partial charge in [0.15, 0.2) is 5.78 Å². The molecule has 0 bridgehead atoms. The van der Waals surface area contributed by atoms with Gasteiger partial charge in [0.25, 0.3) is 5.91 Å². The fourth-order valence-corrected chi connectivity index (χ4v) is 6.25. The van der Waals surface area contributed by atoms with Crippen molar-refractivity contribution in [2.75, 3.05) is 13.1 Å². The molecule has 1 fully saturated rings. The Morgan fingerprint density at radius 3 is 2.27 bits per heavy atom. The molecule has 8 nitrogen and oxygen atoms in total. The van der Waals surface area contributed by atoms with Crippen LogP contribution in [0.15, 0.2) is 72.9 Å². The number of nitrogens with zero attached hydrogens (tertiary/aromatic N) is 1. The zero-order valence-corrected chi connectivity index (χ0v) is 25.6. The minimum atomic E-state index is -1.05. The summed E-state index contributed by atoms with van der Waals surface area (Å²) in [7, 11) is 0. The van der Waals surface area contributed by atoms with Crippen molar-refractivity contribution in [1.29, 1.82) is 0 Å². The Morgan fingerprint density at radius 1 is 0.909 bits per heavy atom. The number of H-pyrrole nitrogens is 1. The number of hydrogen-bond acceptors (Lipinski definition) is 4. The van der Waals surface area contributed by atoms with Gasteiger partial charge in [-0.2, -0.15) is 0 Å². The molecule has 2 atom stereocenters. The summed E-state index contributed by atoms with van der Waals surface area (Å²) in [5, 5.41) is 6.69. The number of amides is 3. The third-order valence-corrected chi connectivity index (χ3v) is 8.56. The van der Waals surface area contributed by atoms with E-state index in [9.17, 15) is 19.2 Å². The molecule has 1 saturated heterocycles. The van der Waals surface area contributed by atoms with E-state index in [4.69, 9.17) is 0 Å². The number of piperazine rings is 1. The minimum absolute atomic E-state index is 0.167. The lowest BCUT2D eigenvalue weighted by Crippen LogP contribution is -2.55. The highest BCUT2D eigenvalue weighted by Crippen LogP contribution is 2.24. The number of ketones is 1. The normalized spacial score (nSPS) is 15.7. The molecule has 44 heavy (non-hydrogen) atoms. The average Bonchev–Trinajstić information content (AvgIpc) is 3.46. The first-order chi connectivity index (χ1) is 21.3. The molecule has 3 N–H and O–H groups in total. The Bertz CT molecular complexity index is 1650. The number of Topliss-reactive ketones (excluding diaryl/α,β-unsaturated/α-hetero) is 1. The number of benzene rings is 3. The fourth-order valence-electron chi connectivity index (χ4n) is 6.25. The van der Waals surface area contributed by atoms with Crippen LogP contribution in [0, 0.1) is 5.92 Å². The number of fused-ring (bicyclic) bond motifs is 1. The lowest BCUT2D eigenvalue weighted by Gasteiger charge is -2.33. The quantitative estimate of drug-likeness (QED) is 0.209. The van der Waals surface area contributed by atoms with Crippen LogP contribution in [0.1, 0.15) is 60.2 Å². The molecule has 0 aliphatic carbocycles. The number of carbonyl (C=O) groups excluding carboxylic acids is 4. The third-order valence-electron chi connectivity index (χ3n) is 8.56. The van der Waals surface area contributed by atoms with Gasteiger partial charge < -0.3 is 20.5 Å². The Balaban J connectivity index is 1.39. The molecule has 0 saturated carbocycles. The summed E-state index contributed by atoms with van der Waals surface area (Å²) in [5.41, 5.74) is 7.31. The summed E-state index contributed by atoms with van der Waals surface area (Å²) < 4.78 is 0. The summed E-state index contributed by atoms with van der Waals surface area (Å²) in [4.78, 5) is 58.2. The Morgan fingerprint density at radius 2 is 1.59 bits per heavy atom. The van der Waals surface area contributed by atoms with E-state index >= 15 is 0 Å². The van der Waals surface area contributed by atoms with Gasteiger partial charge in [-0.1, -0.05) is 81.4 Å². The maximum Gasteiger partial charge on any atom is 0.250 e. The van der Waals surface area contributed by atoms with Gasteiger partial charge in [-0.3, -0.25) is 19.2 Å². The van der Waals surface area contributed by atoms with Crippen molar-refractivity contribution in [2.45, 2.75) is 59.0 Å². The maximum absolute atomic E-state index is 13.9. The fraction of sp³-hybridized carbons (Fsp3) is 0.333. The Kier molecular flexibility index (Phi) is 9.58. The molecule has 0 spiro atoms. The average molecular weight is 593 g/mol. The number of aryl methyl sites for hydroxylation is 2. The van der Waals surface area contributed by atoms with Crippen LogP contribution in [0.4, 0.5) is 0 Å². The molecule has 1 aliphatic heterocycles. The molecule has 1 aliphatic rings. The summed E-state index contributed by atoms with van der Waals surface area (Å²) in [5.74, 6) is -2.58. The maximum atomic E-state index is 13.9. The smallest absolute Gasteiger partial charge is 0.250 e. The van der Waals surface area contributed by atoms with E-state index in [-0.39, 0.29) is 31.3 Å². The standard InChI is InChI=1S/C36H40N4O4/c1-4-24-16-23(17-25(5-2)28(24)6-3)19-38-35(43)30(18-27-20-37-31-15-11-10-14-29(27)31)32(41)21-40-22-33(42)39-34(36(40)44)26-12-8-7-9-13-26/h7-17,20,30,34,37H,4-6,18-19,21-22H2,1-3H3,(H,38,43)(H,39,42). The number of nitrogens with one attached hydrogen (secondary N) is 3. The lowest BCUT2D eigenvalue weighted by molar-refractivity contribution is -0.147. The molecule has 2 unspecified atom stereocenters. The molecule has 0 radical (unpaired) electrons. The molecule has 228 valence electrons.